The van der Waals surface area contributed by atoms with Crippen molar-refractivity contribution in [3.63, 3.8) is 0 Å². The van der Waals surface area contributed by atoms with E-state index in [4.69, 9.17) is 14.5 Å². The summed E-state index contributed by atoms with van der Waals surface area (Å²) in [6, 6.07) is 17.9. The van der Waals surface area contributed by atoms with E-state index in [2.05, 4.69) is 65.6 Å². The smallest absolute Gasteiger partial charge is 0.263 e. The predicted octanol–water partition coefficient (Wildman–Crippen LogP) is 5.91. The van der Waals surface area contributed by atoms with Crippen LogP contribution in [0, 0.1) is 6.92 Å². The summed E-state index contributed by atoms with van der Waals surface area (Å²) < 4.78 is 13.7. The van der Waals surface area contributed by atoms with Crippen molar-refractivity contribution in [3.8, 4) is 5.75 Å². The number of hydrogen-bond acceptors (Lipinski definition) is 14. The number of imide groups is 1. The van der Waals surface area contributed by atoms with Crippen LogP contribution in [-0.2, 0) is 27.4 Å². The maximum Gasteiger partial charge on any atom is 0.263 e. The van der Waals surface area contributed by atoms with Crippen molar-refractivity contribution in [3.05, 3.63) is 111 Å². The maximum absolute atomic E-state index is 13.6. The second kappa shape index (κ2) is 20.8. The molecule has 1 atom stereocenters. The van der Waals surface area contributed by atoms with Crippen LogP contribution in [0.1, 0.15) is 113 Å². The summed E-state index contributed by atoms with van der Waals surface area (Å²) in [7, 11) is 0. The summed E-state index contributed by atoms with van der Waals surface area (Å²) in [4.78, 5) is 86.2. The Hall–Kier alpha value is -6.56. The summed E-state index contributed by atoms with van der Waals surface area (Å²) >= 11 is 0. The number of nitrogens with one attached hydrogen (secondary N) is 2. The van der Waals surface area contributed by atoms with Gasteiger partial charge in [0.05, 0.1) is 30.7 Å². The van der Waals surface area contributed by atoms with Gasteiger partial charge >= 0.3 is 0 Å². The molecule has 0 bridgehead atoms. The van der Waals surface area contributed by atoms with Crippen LogP contribution in [0.5, 0.6) is 5.75 Å². The topological polar surface area (TPSA) is 184 Å². The lowest BCUT2D eigenvalue weighted by atomic mass is 9.87. The summed E-state index contributed by atoms with van der Waals surface area (Å²) in [5, 5.41) is 6.32. The Morgan fingerprint density at radius 1 is 0.829 bits per heavy atom. The highest BCUT2D eigenvalue weighted by atomic mass is 16.5. The van der Waals surface area contributed by atoms with Gasteiger partial charge in [-0.2, -0.15) is 4.98 Å². The van der Waals surface area contributed by atoms with E-state index in [1.54, 1.807) is 22.6 Å². The quantitative estimate of drug-likeness (QED) is 0.0676. The fraction of sp³-hybridized carbons (Fsp3) is 0.472. The normalized spacial score (nSPS) is 19.5. The molecule has 5 aliphatic rings. The van der Waals surface area contributed by atoms with E-state index < -0.39 is 6.04 Å². The molecule has 4 fully saturated rings. The number of aromatic nitrogens is 4. The number of likely N-dealkylation sites (tertiary alicyclic amines) is 1. The molecule has 1 saturated carbocycles. The Balaban J connectivity index is 0.611. The number of rotatable bonds is 16. The largest absolute Gasteiger partial charge is 0.491 e. The second-order valence-corrected chi connectivity index (χ2v) is 19.4. The van der Waals surface area contributed by atoms with Gasteiger partial charge in [-0.05, 0) is 118 Å². The van der Waals surface area contributed by atoms with Crippen molar-refractivity contribution in [1.29, 1.82) is 0 Å². The predicted molar refractivity (Wildman–Crippen MR) is 265 cm³/mol. The van der Waals surface area contributed by atoms with E-state index in [1.165, 1.54) is 18.1 Å². The maximum atomic E-state index is 13.6. The molecule has 3 saturated heterocycles. The number of ether oxygens (including phenoxy) is 2. The van der Waals surface area contributed by atoms with Crippen molar-refractivity contribution < 1.29 is 28.7 Å². The Kier molecular flexibility index (Phi) is 14.0. The van der Waals surface area contributed by atoms with E-state index in [-0.39, 0.29) is 47.1 Å². The minimum absolute atomic E-state index is 0.0140. The third kappa shape index (κ3) is 10.2. The Labute approximate surface area is 407 Å². The van der Waals surface area contributed by atoms with Crippen LogP contribution in [0.2, 0.25) is 0 Å². The molecule has 5 aromatic rings. The van der Waals surface area contributed by atoms with Crippen LogP contribution in [0.4, 0.5) is 17.5 Å². The zero-order valence-electron chi connectivity index (χ0n) is 40.2. The standard InChI is InChI=1S/C53H62N10O7/c1-34-44-31-55-53(58-49(44)63(40-5-3-4-6-40)52(68)48(34)35(2)64)56-46-15-10-41(30-54-46)61-23-21-59(22-24-61)25-26-69-27-28-70-42-11-7-36(8-12-42)32-60-19-17-37(18-20-60)38-9-13-43-39(29-38)33-62(51(43)67)45-14-16-47(65)57-50(45)66/h7-13,15,29-31,37,40,45H,3-6,14,16-28,32-33H2,1-2H3,(H,57,65,66)(H,54,55,56,58). The zero-order chi connectivity index (χ0) is 48.3. The third-order valence-electron chi connectivity index (χ3n) is 15.0. The number of carbonyl (C=O) groups is 4. The lowest BCUT2D eigenvalue weighted by molar-refractivity contribution is -0.136. The SMILES string of the molecule is CC(=O)c1c(C)c2cnc(Nc3ccc(N4CCN(CCOCCOc5ccc(CN6CCC(c7ccc8c(c7)CN(C7CCC(=O)NC7=O)C8=O)CC6)cc5)CC4)cn3)nc2n(C2CCCC2)c1=O. The molecule has 3 aromatic heterocycles. The van der Waals surface area contributed by atoms with Gasteiger partial charge in [0.15, 0.2) is 5.78 Å². The van der Waals surface area contributed by atoms with Gasteiger partial charge in [-0.15, -0.1) is 0 Å². The van der Waals surface area contributed by atoms with E-state index in [1.807, 2.05) is 30.5 Å². The van der Waals surface area contributed by atoms with E-state index in [0.29, 0.717) is 72.6 Å². The van der Waals surface area contributed by atoms with Crippen LogP contribution < -0.4 is 25.8 Å². The zero-order valence-corrected chi connectivity index (χ0v) is 40.2. The average Bonchev–Trinajstić information content (AvgIpc) is 4.01. The minimum atomic E-state index is -0.595. The summed E-state index contributed by atoms with van der Waals surface area (Å²) in [6.45, 7) is 12.6. The fourth-order valence-electron chi connectivity index (χ4n) is 11.0. The van der Waals surface area contributed by atoms with Gasteiger partial charge in [0, 0.05) is 75.4 Å². The fourth-order valence-corrected chi connectivity index (χ4v) is 11.0. The van der Waals surface area contributed by atoms with Crippen LogP contribution in [-0.4, -0.2) is 129 Å². The molecule has 0 spiro atoms. The van der Waals surface area contributed by atoms with Gasteiger partial charge in [0.1, 0.15) is 29.9 Å². The van der Waals surface area contributed by atoms with Crippen LogP contribution in [0.25, 0.3) is 11.0 Å². The molecule has 366 valence electrons. The summed E-state index contributed by atoms with van der Waals surface area (Å²) in [5.74, 6) is 1.19. The highest BCUT2D eigenvalue weighted by Crippen LogP contribution is 2.35. The number of pyridine rings is 2. The van der Waals surface area contributed by atoms with Crippen molar-refractivity contribution in [2.24, 2.45) is 0 Å². The first kappa shape index (κ1) is 47.1. The molecular formula is C53H62N10O7. The lowest BCUT2D eigenvalue weighted by Gasteiger charge is -2.35. The highest BCUT2D eigenvalue weighted by molar-refractivity contribution is 6.05. The number of anilines is 3. The first-order valence-corrected chi connectivity index (χ1v) is 25.0. The number of aryl methyl sites for hydroxylation is 1. The highest BCUT2D eigenvalue weighted by Gasteiger charge is 2.39. The van der Waals surface area contributed by atoms with Crippen LogP contribution in [0.15, 0.2) is 71.8 Å². The van der Waals surface area contributed by atoms with E-state index in [0.717, 1.165) is 108 Å². The summed E-state index contributed by atoms with van der Waals surface area (Å²) in [5.41, 5.74) is 6.30. The molecule has 1 unspecified atom stereocenters. The monoisotopic (exact) mass is 950 g/mol. The molecule has 10 rings (SSSR count). The van der Waals surface area contributed by atoms with Gasteiger partial charge in [0.2, 0.25) is 17.8 Å². The first-order chi connectivity index (χ1) is 34.1. The second-order valence-electron chi connectivity index (χ2n) is 19.4. The number of amides is 3. The molecule has 7 heterocycles. The number of piperidine rings is 2. The molecule has 70 heavy (non-hydrogen) atoms. The molecule has 17 nitrogen and oxygen atoms in total. The number of nitrogens with zero attached hydrogens (tertiary/aromatic N) is 8. The molecule has 2 N–H and O–H groups in total. The molecule has 0 radical (unpaired) electrons. The molecule has 1 aliphatic carbocycles. The number of carbonyl (C=O) groups excluding carboxylic acids is 4. The van der Waals surface area contributed by atoms with Crippen molar-refractivity contribution in [1.82, 2.24) is 39.5 Å². The Bertz CT molecular complexity index is 2810. The van der Waals surface area contributed by atoms with Crippen LogP contribution in [0.3, 0.4) is 0 Å². The van der Waals surface area contributed by atoms with Gasteiger partial charge in [-0.3, -0.25) is 43.7 Å². The Morgan fingerprint density at radius 2 is 1.61 bits per heavy atom. The summed E-state index contributed by atoms with van der Waals surface area (Å²) in [6.07, 6.45) is 10.1. The molecule has 17 heteroatoms. The number of ketones is 1. The number of hydrogen-bond donors (Lipinski definition) is 2. The van der Waals surface area contributed by atoms with Gasteiger partial charge < -0.3 is 24.6 Å². The van der Waals surface area contributed by atoms with Crippen molar-refractivity contribution in [2.45, 2.75) is 96.3 Å². The average molecular weight is 951 g/mol. The number of piperazine rings is 1. The molecule has 4 aliphatic heterocycles. The van der Waals surface area contributed by atoms with Crippen molar-refractivity contribution in [2.75, 3.05) is 75.9 Å². The molecule has 2 aromatic carbocycles. The lowest BCUT2D eigenvalue weighted by Crippen LogP contribution is -2.52. The van der Waals surface area contributed by atoms with E-state index in [9.17, 15) is 24.0 Å². The Morgan fingerprint density at radius 3 is 2.34 bits per heavy atom. The number of Topliss-reactive ketones (excluding diaryl/α,β-unsaturated/α-hetero) is 1. The number of fused-ring (bicyclic) bond motifs is 2. The minimum Gasteiger partial charge on any atom is -0.491 e. The van der Waals surface area contributed by atoms with Crippen LogP contribution >= 0.6 is 0 Å². The first-order valence-electron chi connectivity index (χ1n) is 25.0. The van der Waals surface area contributed by atoms with Gasteiger partial charge in [0.25, 0.3) is 11.5 Å². The van der Waals surface area contributed by atoms with E-state index >= 15 is 0 Å². The van der Waals surface area contributed by atoms with Gasteiger partial charge in [-0.1, -0.05) is 37.1 Å². The molecular weight excluding hydrogens is 889 g/mol. The molecule has 3 amide bonds. The van der Waals surface area contributed by atoms with Crippen molar-refractivity contribution >= 4 is 52.0 Å². The number of benzene rings is 2. The third-order valence-corrected chi connectivity index (χ3v) is 15.0. The van der Waals surface area contributed by atoms with Gasteiger partial charge in [-0.25, -0.2) is 9.97 Å².